The summed E-state index contributed by atoms with van der Waals surface area (Å²) in [6.07, 6.45) is 7.69. The number of imidazole rings is 1. The number of aryl methyl sites for hydroxylation is 1. The van der Waals surface area contributed by atoms with Gasteiger partial charge in [-0.15, -0.1) is 11.3 Å². The summed E-state index contributed by atoms with van der Waals surface area (Å²) >= 11 is 1.80. The highest BCUT2D eigenvalue weighted by molar-refractivity contribution is 7.16. The Morgan fingerprint density at radius 1 is 1.20 bits per heavy atom. The van der Waals surface area contributed by atoms with Crippen molar-refractivity contribution in [3.63, 3.8) is 0 Å². The lowest BCUT2D eigenvalue weighted by Gasteiger charge is -2.12. The van der Waals surface area contributed by atoms with Gasteiger partial charge in [-0.2, -0.15) is 0 Å². The highest BCUT2D eigenvalue weighted by Crippen LogP contribution is 2.40. The van der Waals surface area contributed by atoms with Crippen molar-refractivity contribution in [3.05, 3.63) is 59.3 Å². The average Bonchev–Trinajstić information content (AvgIpc) is 3.12. The van der Waals surface area contributed by atoms with E-state index in [4.69, 9.17) is 5.73 Å². The molecule has 5 heteroatoms. The number of fused-ring (bicyclic) bond motifs is 2. The number of aromatic amines is 1. The SMILES string of the molecule is C=C(Nc1sc2c(c1C(=C)N)CCCCC2)c1ccc2nc[nH]c2c1. The Morgan fingerprint density at radius 3 is 2.88 bits per heavy atom. The Kier molecular flexibility index (Phi) is 4.09. The zero-order chi connectivity index (χ0) is 17.4. The molecule has 1 aromatic carbocycles. The zero-order valence-corrected chi connectivity index (χ0v) is 15.0. The summed E-state index contributed by atoms with van der Waals surface area (Å²) in [4.78, 5) is 8.85. The third-order valence-corrected chi connectivity index (χ3v) is 5.98. The first-order valence-corrected chi connectivity index (χ1v) is 9.44. The smallest absolute Gasteiger partial charge is 0.103 e. The summed E-state index contributed by atoms with van der Waals surface area (Å²) in [7, 11) is 0. The van der Waals surface area contributed by atoms with Crippen molar-refractivity contribution < 1.29 is 0 Å². The Labute approximate surface area is 151 Å². The molecular formula is C20H22N4S. The molecule has 25 heavy (non-hydrogen) atoms. The van der Waals surface area contributed by atoms with Crippen molar-refractivity contribution in [2.45, 2.75) is 32.1 Å². The van der Waals surface area contributed by atoms with Crippen LogP contribution in [0.4, 0.5) is 5.00 Å². The highest BCUT2D eigenvalue weighted by atomic mass is 32.1. The number of anilines is 1. The molecule has 0 saturated heterocycles. The Balaban J connectivity index is 1.67. The summed E-state index contributed by atoms with van der Waals surface area (Å²) < 4.78 is 0. The molecule has 0 radical (unpaired) electrons. The normalized spacial score (nSPS) is 14.1. The topological polar surface area (TPSA) is 66.7 Å². The lowest BCUT2D eigenvalue weighted by atomic mass is 10.0. The first-order chi connectivity index (χ1) is 12.1. The van der Waals surface area contributed by atoms with Gasteiger partial charge in [-0.05, 0) is 48.9 Å². The van der Waals surface area contributed by atoms with E-state index in [9.17, 15) is 0 Å². The number of nitrogens with two attached hydrogens (primary N) is 1. The second kappa shape index (κ2) is 6.41. The van der Waals surface area contributed by atoms with Gasteiger partial charge in [0.1, 0.15) is 5.00 Å². The van der Waals surface area contributed by atoms with Crippen LogP contribution in [0.5, 0.6) is 0 Å². The molecule has 1 aliphatic rings. The van der Waals surface area contributed by atoms with Gasteiger partial charge in [0.15, 0.2) is 0 Å². The molecule has 0 amide bonds. The van der Waals surface area contributed by atoms with Crippen LogP contribution in [0.2, 0.25) is 0 Å². The van der Waals surface area contributed by atoms with E-state index in [2.05, 4.69) is 34.5 Å². The molecule has 4 nitrogen and oxygen atoms in total. The summed E-state index contributed by atoms with van der Waals surface area (Å²) in [6.45, 7) is 8.24. The minimum atomic E-state index is 0.638. The maximum Gasteiger partial charge on any atom is 0.103 e. The van der Waals surface area contributed by atoms with Crippen LogP contribution in [-0.2, 0) is 12.8 Å². The van der Waals surface area contributed by atoms with Crippen LogP contribution in [0.25, 0.3) is 22.4 Å². The number of rotatable bonds is 4. The van der Waals surface area contributed by atoms with Crippen molar-refractivity contribution in [2.75, 3.05) is 5.32 Å². The number of nitrogens with one attached hydrogen (secondary N) is 2. The second-order valence-electron chi connectivity index (χ2n) is 6.53. The zero-order valence-electron chi connectivity index (χ0n) is 14.2. The van der Waals surface area contributed by atoms with Crippen molar-refractivity contribution in [3.8, 4) is 0 Å². The molecule has 0 aliphatic heterocycles. The Bertz CT molecular complexity index is 963. The molecular weight excluding hydrogens is 328 g/mol. The van der Waals surface area contributed by atoms with Gasteiger partial charge >= 0.3 is 0 Å². The van der Waals surface area contributed by atoms with Crippen molar-refractivity contribution in [2.24, 2.45) is 5.73 Å². The van der Waals surface area contributed by atoms with Gasteiger partial charge in [-0.3, -0.25) is 0 Å². The molecule has 0 saturated carbocycles. The molecule has 2 aromatic heterocycles. The van der Waals surface area contributed by atoms with E-state index in [0.717, 1.165) is 45.7 Å². The van der Waals surface area contributed by atoms with Gasteiger partial charge in [-0.1, -0.05) is 25.6 Å². The lowest BCUT2D eigenvalue weighted by molar-refractivity contribution is 0.712. The van der Waals surface area contributed by atoms with Crippen LogP contribution < -0.4 is 11.1 Å². The molecule has 2 heterocycles. The van der Waals surface area contributed by atoms with Crippen molar-refractivity contribution in [1.29, 1.82) is 0 Å². The van der Waals surface area contributed by atoms with Crippen molar-refractivity contribution >= 4 is 38.8 Å². The van der Waals surface area contributed by atoms with E-state index >= 15 is 0 Å². The van der Waals surface area contributed by atoms with Crippen LogP contribution in [0.1, 0.15) is 40.8 Å². The monoisotopic (exact) mass is 350 g/mol. The summed E-state index contributed by atoms with van der Waals surface area (Å²) in [5, 5.41) is 4.56. The van der Waals surface area contributed by atoms with Crippen LogP contribution in [0.3, 0.4) is 0 Å². The van der Waals surface area contributed by atoms with E-state index in [1.165, 1.54) is 29.7 Å². The first kappa shape index (κ1) is 16.0. The van der Waals surface area contributed by atoms with E-state index in [-0.39, 0.29) is 0 Å². The number of hydrogen-bond donors (Lipinski definition) is 3. The molecule has 0 atom stereocenters. The number of thiophene rings is 1. The average molecular weight is 350 g/mol. The van der Waals surface area contributed by atoms with E-state index < -0.39 is 0 Å². The fourth-order valence-electron chi connectivity index (χ4n) is 3.50. The largest absolute Gasteiger partial charge is 0.399 e. The van der Waals surface area contributed by atoms with Gasteiger partial charge in [0.25, 0.3) is 0 Å². The van der Waals surface area contributed by atoms with Gasteiger partial charge in [0, 0.05) is 21.8 Å². The fraction of sp³-hybridized carbons (Fsp3) is 0.250. The summed E-state index contributed by atoms with van der Waals surface area (Å²) in [6, 6.07) is 6.10. The van der Waals surface area contributed by atoms with Gasteiger partial charge in [0.05, 0.1) is 17.4 Å². The number of benzene rings is 1. The van der Waals surface area contributed by atoms with Gasteiger partial charge < -0.3 is 16.0 Å². The van der Waals surface area contributed by atoms with Crippen molar-refractivity contribution in [1.82, 2.24) is 9.97 Å². The third-order valence-electron chi connectivity index (χ3n) is 4.78. The number of H-pyrrole nitrogens is 1. The molecule has 4 rings (SSSR count). The standard InChI is InChI=1S/C20H22N4S/c1-12(21)19-15-6-4-3-5-7-18(15)25-20(19)24-13(2)14-8-9-16-17(10-14)23-11-22-16/h8-11,24H,1-7,21H2,(H,22,23). The lowest BCUT2D eigenvalue weighted by Crippen LogP contribution is -2.03. The van der Waals surface area contributed by atoms with E-state index in [1.54, 1.807) is 17.7 Å². The van der Waals surface area contributed by atoms with Gasteiger partial charge in [-0.25, -0.2) is 4.98 Å². The minimum absolute atomic E-state index is 0.638. The maximum absolute atomic E-state index is 6.14. The molecule has 0 bridgehead atoms. The molecule has 0 spiro atoms. The first-order valence-electron chi connectivity index (χ1n) is 8.62. The summed E-state index contributed by atoms with van der Waals surface area (Å²) in [5.41, 5.74) is 13.1. The summed E-state index contributed by atoms with van der Waals surface area (Å²) in [5.74, 6) is 0. The van der Waals surface area contributed by atoms with Gasteiger partial charge in [0.2, 0.25) is 0 Å². The molecule has 0 unspecified atom stereocenters. The van der Waals surface area contributed by atoms with E-state index in [0.29, 0.717) is 5.70 Å². The Hall–Kier alpha value is -2.53. The van der Waals surface area contributed by atoms with Crippen LogP contribution in [0.15, 0.2) is 37.7 Å². The van der Waals surface area contributed by atoms with Crippen LogP contribution in [0, 0.1) is 0 Å². The number of aromatic nitrogens is 2. The Morgan fingerprint density at radius 2 is 2.04 bits per heavy atom. The molecule has 1 aliphatic carbocycles. The maximum atomic E-state index is 6.14. The highest BCUT2D eigenvalue weighted by Gasteiger charge is 2.21. The molecule has 4 N–H and O–H groups in total. The quantitative estimate of drug-likeness (QED) is 0.586. The van der Waals surface area contributed by atoms with Crippen LogP contribution in [-0.4, -0.2) is 9.97 Å². The predicted molar refractivity (Wildman–Crippen MR) is 108 cm³/mol. The fourth-order valence-corrected chi connectivity index (χ4v) is 4.85. The van der Waals surface area contributed by atoms with Crippen LogP contribution >= 0.6 is 11.3 Å². The third kappa shape index (κ3) is 2.96. The molecule has 0 fully saturated rings. The predicted octanol–water partition coefficient (Wildman–Crippen LogP) is 4.91. The number of nitrogens with zero attached hydrogens (tertiary/aromatic N) is 1. The number of hydrogen-bond acceptors (Lipinski definition) is 4. The molecule has 3 aromatic rings. The van der Waals surface area contributed by atoms with E-state index in [1.807, 2.05) is 12.1 Å². The molecule has 128 valence electrons. The minimum Gasteiger partial charge on any atom is -0.399 e. The second-order valence-corrected chi connectivity index (χ2v) is 7.64.